The van der Waals surface area contributed by atoms with Crippen molar-refractivity contribution >= 4 is 76.6 Å². The third-order valence-electron chi connectivity index (χ3n) is 18.9. The SMILES string of the molecule is CC[C@H](C)[C@@H]1NC(=O)[C@H](C)N(CC)C(=O)C[C@@H](C)N(C)C(=O)[C@H](C(C)C)N(C)C(=O)C2(CCCC2)NC(=O)[C@@H]2CCCN2C(=O)[C@H](CCc2ccc(C(F)(F)F)c(Cl)c2)NC(=O)CN(C)C(=O)[C@H](CC2CCCCC2)N(C)C(=O)CN(C)C(=O)CN(C)C1=O. The maximum absolute atomic E-state index is 15.1. The molecule has 2 saturated carbocycles. The van der Waals surface area contributed by atoms with Crippen LogP contribution in [0.3, 0.4) is 0 Å². The molecule has 4 fully saturated rings. The van der Waals surface area contributed by atoms with Crippen molar-refractivity contribution in [3.05, 3.63) is 34.3 Å². The van der Waals surface area contributed by atoms with Crippen molar-refractivity contribution in [2.75, 3.05) is 75.0 Å². The quantitative estimate of drug-likeness (QED) is 0.301. The van der Waals surface area contributed by atoms with Crippen LogP contribution in [0.2, 0.25) is 5.02 Å². The zero-order valence-corrected chi connectivity index (χ0v) is 55.2. The van der Waals surface area contributed by atoms with Gasteiger partial charge in [-0.1, -0.05) is 96.7 Å². The number of hydrogen-bond donors (Lipinski definition) is 3. The molecule has 4 aliphatic rings. The van der Waals surface area contributed by atoms with E-state index in [-0.39, 0.29) is 64.0 Å². The average Bonchev–Trinajstić information content (AvgIpc) is 2.25. The molecule has 2 aliphatic heterocycles. The molecule has 3 N–H and O–H groups in total. The predicted molar refractivity (Wildman–Crippen MR) is 328 cm³/mol. The van der Waals surface area contributed by atoms with Crippen LogP contribution in [0.5, 0.6) is 0 Å². The van der Waals surface area contributed by atoms with Crippen LogP contribution in [-0.4, -0.2) is 227 Å². The predicted octanol–water partition coefficient (Wildman–Crippen LogP) is 4.87. The molecule has 0 radical (unpaired) electrons. The Balaban J connectivity index is 1.54. The van der Waals surface area contributed by atoms with E-state index < -0.39 is 161 Å². The van der Waals surface area contributed by atoms with Gasteiger partial charge in [-0.25, -0.2) is 0 Å². The molecule has 2 aliphatic carbocycles. The second-order valence-electron chi connectivity index (χ2n) is 25.7. The molecule has 0 aromatic heterocycles. The van der Waals surface area contributed by atoms with Gasteiger partial charge in [-0.05, 0) is 101 Å². The molecular weight excluding hydrogens is 1180 g/mol. The van der Waals surface area contributed by atoms with Crippen molar-refractivity contribution < 1.29 is 65.9 Å². The van der Waals surface area contributed by atoms with Crippen molar-refractivity contribution in [2.24, 2.45) is 17.8 Å². The standard InChI is InChI=1S/C63H97ClF3N11O11/c1-14-39(5)53-59(87)73(10)36-51(81)71(8)37-52(82)75(12)48(34-42-22-17-16-18-23-42)58(86)72(9)35-49(79)68-46(28-26-43-25-27-44(45(64)33-43)63(65,66)67)57(85)78-31-21-24-47(78)56(84)70-62(29-19-20-30-62)61(89)76(13)54(38(3)4)60(88)74(11)40(6)32-50(80)77(15-2)41(7)55(83)69-53/h25,27,33,38-42,46-48,53-54H,14-24,26,28-32,34-37H2,1-13H3,(H,68,79)(H,69,83)(H,70,84)/t39-,40+,41-,46-,47-,48-,53-,54-/m0/s1. The Hall–Kier alpha value is -6.53. The lowest BCUT2D eigenvalue weighted by atomic mass is 9.84. The second kappa shape index (κ2) is 32.0. The summed E-state index contributed by atoms with van der Waals surface area (Å²) in [7, 11) is 8.60. The van der Waals surface area contributed by atoms with E-state index in [0.29, 0.717) is 31.2 Å². The number of rotatable bonds is 9. The lowest BCUT2D eigenvalue weighted by Crippen LogP contribution is -2.64. The molecule has 0 unspecified atom stereocenters. The van der Waals surface area contributed by atoms with Gasteiger partial charge in [0.15, 0.2) is 0 Å². The Morgan fingerprint density at radius 1 is 0.674 bits per heavy atom. The number of halogens is 4. The Bertz CT molecular complexity index is 2740. The molecule has 498 valence electrons. The zero-order chi connectivity index (χ0) is 66.6. The molecule has 26 heteroatoms. The fraction of sp³-hybridized carbons (Fsp3) is 0.730. The third-order valence-corrected chi connectivity index (χ3v) is 19.2. The summed E-state index contributed by atoms with van der Waals surface area (Å²) >= 11 is 6.11. The molecule has 22 nitrogen and oxygen atoms in total. The van der Waals surface area contributed by atoms with E-state index in [1.807, 2.05) is 6.92 Å². The Kier molecular flexibility index (Phi) is 26.3. The molecule has 89 heavy (non-hydrogen) atoms. The van der Waals surface area contributed by atoms with E-state index in [0.717, 1.165) is 58.9 Å². The summed E-state index contributed by atoms with van der Waals surface area (Å²) in [6.07, 6.45) is 1.91. The number of carbonyl (C=O) groups is 11. The molecule has 1 aromatic carbocycles. The van der Waals surface area contributed by atoms with Gasteiger partial charge >= 0.3 is 6.18 Å². The van der Waals surface area contributed by atoms with Crippen molar-refractivity contribution in [3.63, 3.8) is 0 Å². The Morgan fingerprint density at radius 2 is 1.29 bits per heavy atom. The van der Waals surface area contributed by atoms with Crippen molar-refractivity contribution in [1.29, 1.82) is 0 Å². The van der Waals surface area contributed by atoms with Gasteiger partial charge in [0.2, 0.25) is 65.0 Å². The number of nitrogens with zero attached hydrogens (tertiary/aromatic N) is 8. The van der Waals surface area contributed by atoms with E-state index in [9.17, 15) is 61.1 Å². The zero-order valence-electron chi connectivity index (χ0n) is 54.4. The van der Waals surface area contributed by atoms with E-state index >= 15 is 4.79 Å². The fourth-order valence-electron chi connectivity index (χ4n) is 12.9. The van der Waals surface area contributed by atoms with Crippen molar-refractivity contribution in [1.82, 2.24) is 55.1 Å². The highest BCUT2D eigenvalue weighted by Gasteiger charge is 2.50. The maximum atomic E-state index is 15.1. The first-order valence-corrected chi connectivity index (χ1v) is 32.0. The topological polar surface area (TPSA) is 250 Å². The summed E-state index contributed by atoms with van der Waals surface area (Å²) in [5.41, 5.74) is -2.24. The van der Waals surface area contributed by atoms with Gasteiger partial charge < -0.3 is 55.1 Å². The lowest BCUT2D eigenvalue weighted by Gasteiger charge is -2.41. The largest absolute Gasteiger partial charge is 0.417 e. The number of benzene rings is 1. The summed E-state index contributed by atoms with van der Waals surface area (Å²) in [6, 6.07) is -4.52. The van der Waals surface area contributed by atoms with Gasteiger partial charge in [-0.15, -0.1) is 0 Å². The number of amides is 11. The van der Waals surface area contributed by atoms with Crippen LogP contribution >= 0.6 is 11.6 Å². The molecule has 8 atom stereocenters. The Morgan fingerprint density at radius 3 is 1.88 bits per heavy atom. The first-order chi connectivity index (χ1) is 41.7. The highest BCUT2D eigenvalue weighted by molar-refractivity contribution is 6.31. The van der Waals surface area contributed by atoms with Gasteiger partial charge in [0.05, 0.1) is 30.2 Å². The smallest absolute Gasteiger partial charge is 0.343 e. The van der Waals surface area contributed by atoms with E-state index in [1.54, 1.807) is 34.6 Å². The monoisotopic (exact) mass is 1280 g/mol. The van der Waals surface area contributed by atoms with Crippen LogP contribution < -0.4 is 16.0 Å². The molecule has 1 spiro atoms. The summed E-state index contributed by atoms with van der Waals surface area (Å²) in [5.74, 6) is -7.59. The number of nitrogens with one attached hydrogen (secondary N) is 3. The first kappa shape index (κ1) is 73.2. The van der Waals surface area contributed by atoms with Crippen LogP contribution in [0.15, 0.2) is 18.2 Å². The van der Waals surface area contributed by atoms with Crippen molar-refractivity contribution in [3.8, 4) is 0 Å². The first-order valence-electron chi connectivity index (χ1n) is 31.6. The highest BCUT2D eigenvalue weighted by Crippen LogP contribution is 2.37. The van der Waals surface area contributed by atoms with Gasteiger partial charge in [0, 0.05) is 67.8 Å². The van der Waals surface area contributed by atoms with Crippen LogP contribution in [0.1, 0.15) is 156 Å². The molecule has 2 heterocycles. The van der Waals surface area contributed by atoms with Gasteiger partial charge in [0.1, 0.15) is 41.8 Å². The molecular formula is C63H97ClF3N11O11. The van der Waals surface area contributed by atoms with Gasteiger partial charge in [-0.2, -0.15) is 13.2 Å². The normalized spacial score (nSPS) is 26.5. The minimum atomic E-state index is -4.74. The summed E-state index contributed by atoms with van der Waals surface area (Å²) in [6.45, 7) is 10.6. The van der Waals surface area contributed by atoms with Crippen LogP contribution in [-0.2, 0) is 65.3 Å². The number of carbonyl (C=O) groups excluding carboxylic acids is 11. The minimum Gasteiger partial charge on any atom is -0.343 e. The third kappa shape index (κ3) is 18.3. The Labute approximate surface area is 528 Å². The number of aryl methyl sites for hydroxylation is 1. The van der Waals surface area contributed by atoms with Gasteiger partial charge in [0.25, 0.3) is 0 Å². The van der Waals surface area contributed by atoms with E-state index in [1.165, 1.54) is 79.8 Å². The van der Waals surface area contributed by atoms with E-state index in [2.05, 4.69) is 16.0 Å². The summed E-state index contributed by atoms with van der Waals surface area (Å²) < 4.78 is 41.3. The number of hydrogen-bond acceptors (Lipinski definition) is 11. The van der Waals surface area contributed by atoms with E-state index in [4.69, 9.17) is 11.6 Å². The van der Waals surface area contributed by atoms with Crippen LogP contribution in [0.4, 0.5) is 13.2 Å². The van der Waals surface area contributed by atoms with Crippen LogP contribution in [0.25, 0.3) is 0 Å². The fourth-order valence-corrected chi connectivity index (χ4v) is 13.2. The molecule has 11 amide bonds. The highest BCUT2D eigenvalue weighted by atomic mass is 35.5. The minimum absolute atomic E-state index is 0.0354. The van der Waals surface area contributed by atoms with Crippen LogP contribution in [0, 0.1) is 17.8 Å². The number of likely N-dealkylation sites (N-methyl/N-ethyl adjacent to an activating group) is 7. The average molecular weight is 1280 g/mol. The molecule has 1 aromatic rings. The van der Waals surface area contributed by atoms with Gasteiger partial charge in [-0.3, -0.25) is 52.7 Å². The summed E-state index contributed by atoms with van der Waals surface area (Å²) in [4.78, 5) is 169. The number of fused-ring (bicyclic) bond motifs is 1. The van der Waals surface area contributed by atoms with Crippen molar-refractivity contribution in [2.45, 2.75) is 205 Å². The maximum Gasteiger partial charge on any atom is 0.417 e. The second-order valence-corrected chi connectivity index (χ2v) is 26.1. The molecule has 0 bridgehead atoms. The molecule has 2 saturated heterocycles. The summed E-state index contributed by atoms with van der Waals surface area (Å²) in [5, 5.41) is 8.01. The molecule has 5 rings (SSSR count). The number of alkyl halides is 3. The lowest BCUT2D eigenvalue weighted by molar-refractivity contribution is -0.152.